The fraction of sp³-hybridized carbons (Fsp3) is 0.542. The maximum atomic E-state index is 14.4. The molecule has 1 aromatic carbocycles. The van der Waals surface area contributed by atoms with Crippen LogP contribution in [0.25, 0.3) is 0 Å². The maximum absolute atomic E-state index is 14.4. The predicted molar refractivity (Wildman–Crippen MR) is 121 cm³/mol. The third-order valence-corrected chi connectivity index (χ3v) is 6.50. The van der Waals surface area contributed by atoms with Crippen molar-refractivity contribution < 1.29 is 41.7 Å². The lowest BCUT2D eigenvalue weighted by molar-refractivity contribution is -0.272. The number of carbonyl (C=O) groups excluding carboxylic acids is 1. The van der Waals surface area contributed by atoms with Crippen LogP contribution in [0, 0.1) is 18.7 Å². The predicted octanol–water partition coefficient (Wildman–Crippen LogP) is 3.56. The molecule has 1 fully saturated rings. The molecule has 0 bridgehead atoms. The van der Waals surface area contributed by atoms with Crippen molar-refractivity contribution in [1.82, 2.24) is 9.97 Å². The van der Waals surface area contributed by atoms with Crippen LogP contribution in [-0.2, 0) is 20.7 Å². The van der Waals surface area contributed by atoms with Gasteiger partial charge >= 0.3 is 6.18 Å². The second-order valence-corrected chi connectivity index (χ2v) is 8.74. The van der Waals surface area contributed by atoms with Gasteiger partial charge in [0.1, 0.15) is 30.1 Å². The Morgan fingerprint density at radius 2 is 1.92 bits per heavy atom. The van der Waals surface area contributed by atoms with Gasteiger partial charge in [-0.1, -0.05) is 13.0 Å². The Morgan fingerprint density at radius 1 is 1.25 bits per heavy atom. The van der Waals surface area contributed by atoms with Gasteiger partial charge in [-0.05, 0) is 19.9 Å². The van der Waals surface area contributed by atoms with Gasteiger partial charge < -0.3 is 24.6 Å². The van der Waals surface area contributed by atoms with E-state index in [0.717, 1.165) is 13.0 Å². The molecule has 12 heteroatoms. The van der Waals surface area contributed by atoms with Gasteiger partial charge in [-0.3, -0.25) is 4.79 Å². The van der Waals surface area contributed by atoms with Crippen molar-refractivity contribution in [3.63, 3.8) is 0 Å². The minimum atomic E-state index is -4.79. The van der Waals surface area contributed by atoms with E-state index in [1.807, 2.05) is 0 Å². The Hall–Kier alpha value is -2.83. The first-order valence-electron chi connectivity index (χ1n) is 11.3. The highest BCUT2D eigenvalue weighted by Gasteiger charge is 2.65. The number of aromatic nitrogens is 2. The number of anilines is 1. The molecule has 0 saturated carbocycles. The van der Waals surface area contributed by atoms with E-state index in [-0.39, 0.29) is 48.8 Å². The number of halogens is 4. The fourth-order valence-corrected chi connectivity index (χ4v) is 4.25. The molecular formula is C24H29F4N3O5. The summed E-state index contributed by atoms with van der Waals surface area (Å²) < 4.78 is 73.0. The van der Waals surface area contributed by atoms with Crippen LogP contribution in [0.5, 0.6) is 5.75 Å². The highest BCUT2D eigenvalue weighted by molar-refractivity contribution is 5.95. The smallest absolute Gasteiger partial charge is 0.417 e. The number of amides is 1. The van der Waals surface area contributed by atoms with E-state index in [9.17, 15) is 22.4 Å². The molecule has 2 heterocycles. The maximum Gasteiger partial charge on any atom is 0.417 e. The first-order chi connectivity index (χ1) is 16.9. The van der Waals surface area contributed by atoms with Crippen LogP contribution in [-0.4, -0.2) is 65.8 Å². The molecule has 3 rings (SSSR count). The molecule has 1 aliphatic heterocycles. The van der Waals surface area contributed by atoms with Gasteiger partial charge in [0, 0.05) is 36.5 Å². The number of alkyl halides is 3. The van der Waals surface area contributed by atoms with Crippen molar-refractivity contribution in [3.8, 4) is 5.75 Å². The Labute approximate surface area is 206 Å². The van der Waals surface area contributed by atoms with Crippen molar-refractivity contribution in [2.75, 3.05) is 32.2 Å². The molecule has 1 aliphatic rings. The number of nitrogens with one attached hydrogen (secondary N) is 1. The fourth-order valence-electron chi connectivity index (χ4n) is 4.25. The summed E-state index contributed by atoms with van der Waals surface area (Å²) in [5.74, 6) is -3.41. The highest BCUT2D eigenvalue weighted by Crippen LogP contribution is 2.55. The van der Waals surface area contributed by atoms with E-state index in [0.29, 0.717) is 5.82 Å². The molecule has 0 unspecified atom stereocenters. The van der Waals surface area contributed by atoms with Crippen LogP contribution in [0.3, 0.4) is 0 Å². The summed E-state index contributed by atoms with van der Waals surface area (Å²) in [5, 5.41) is 11.5. The average Bonchev–Trinajstić information content (AvgIpc) is 3.10. The highest BCUT2D eigenvalue weighted by atomic mass is 19.4. The summed E-state index contributed by atoms with van der Waals surface area (Å²) in [4.78, 5) is 21.3. The largest absolute Gasteiger partial charge is 0.491 e. The molecule has 0 spiro atoms. The lowest BCUT2D eigenvalue weighted by atomic mass is 9.76. The molecule has 8 nitrogen and oxygen atoms in total. The number of aliphatic hydroxyl groups excluding tert-OH is 1. The van der Waals surface area contributed by atoms with Gasteiger partial charge in [0.15, 0.2) is 5.60 Å². The summed E-state index contributed by atoms with van der Waals surface area (Å²) in [6, 6.07) is 2.46. The Kier molecular flexibility index (Phi) is 8.52. The monoisotopic (exact) mass is 515 g/mol. The molecular weight excluding hydrogens is 486 g/mol. The lowest BCUT2D eigenvalue weighted by Gasteiger charge is -2.32. The third-order valence-electron chi connectivity index (χ3n) is 6.50. The number of methoxy groups -OCH3 is 1. The molecule has 36 heavy (non-hydrogen) atoms. The van der Waals surface area contributed by atoms with E-state index in [2.05, 4.69) is 15.3 Å². The van der Waals surface area contributed by atoms with Crippen LogP contribution in [0.1, 0.15) is 36.7 Å². The summed E-state index contributed by atoms with van der Waals surface area (Å²) in [7, 11) is 1.45. The number of hydrogen-bond donors (Lipinski definition) is 2. The van der Waals surface area contributed by atoms with E-state index in [4.69, 9.17) is 19.3 Å². The van der Waals surface area contributed by atoms with Crippen LogP contribution in [0.15, 0.2) is 24.5 Å². The summed E-state index contributed by atoms with van der Waals surface area (Å²) in [6.45, 7) is 3.72. The molecule has 2 N–H and O–H groups in total. The summed E-state index contributed by atoms with van der Waals surface area (Å²) >= 11 is 0. The van der Waals surface area contributed by atoms with Crippen LogP contribution >= 0.6 is 0 Å². The van der Waals surface area contributed by atoms with Crippen LogP contribution in [0.2, 0.25) is 0 Å². The number of nitrogens with zero attached hydrogens (tertiary/aromatic N) is 2. The summed E-state index contributed by atoms with van der Waals surface area (Å²) in [6.07, 6.45) is -3.60. The standard InChI is InChI=1S/C24H29F4N3O5/c1-13-17(25)6-5-16(20(13)35-10-9-34-4)19-14(2)23(3,24(26,27)28)36-21(19)22(33)31-15-11-29-18(7-8-32)30-12-15/h5-6,11-12,14,19,21,32H,7-10H2,1-4H3,(H,31,33)/t14-,19-,21-,23+/m0/s1. The third kappa shape index (κ3) is 5.45. The van der Waals surface area contributed by atoms with Crippen LogP contribution in [0.4, 0.5) is 23.2 Å². The van der Waals surface area contributed by atoms with Crippen molar-refractivity contribution in [1.29, 1.82) is 0 Å². The zero-order valence-electron chi connectivity index (χ0n) is 20.4. The molecule has 1 amide bonds. The Morgan fingerprint density at radius 3 is 2.50 bits per heavy atom. The SMILES string of the molecule is COCCOc1c([C@H]2[C@@H](C(=O)Nc3cnc(CCO)nc3)O[C@@](C)(C(F)(F)F)[C@H]2C)ccc(F)c1C. The zero-order valence-corrected chi connectivity index (χ0v) is 20.4. The van der Waals surface area contributed by atoms with Crippen molar-refractivity contribution >= 4 is 11.6 Å². The van der Waals surface area contributed by atoms with Gasteiger partial charge in [0.05, 0.1) is 31.3 Å². The summed E-state index contributed by atoms with van der Waals surface area (Å²) in [5.41, 5.74) is -2.19. The van der Waals surface area contributed by atoms with E-state index >= 15 is 0 Å². The molecule has 0 aliphatic carbocycles. The molecule has 2 aromatic rings. The number of hydrogen-bond acceptors (Lipinski definition) is 7. The molecule has 1 saturated heterocycles. The van der Waals surface area contributed by atoms with E-state index in [1.54, 1.807) is 0 Å². The zero-order chi connectivity index (χ0) is 26.7. The Balaban J connectivity index is 2.02. The average molecular weight is 516 g/mol. The first kappa shape index (κ1) is 27.8. The minimum Gasteiger partial charge on any atom is -0.491 e. The van der Waals surface area contributed by atoms with Crippen molar-refractivity contribution in [2.45, 2.75) is 51.0 Å². The van der Waals surface area contributed by atoms with Gasteiger partial charge in [-0.2, -0.15) is 13.2 Å². The van der Waals surface area contributed by atoms with E-state index < -0.39 is 41.4 Å². The topological polar surface area (TPSA) is 103 Å². The van der Waals surface area contributed by atoms with Crippen molar-refractivity contribution in [2.24, 2.45) is 5.92 Å². The number of rotatable bonds is 9. The van der Waals surface area contributed by atoms with Gasteiger partial charge in [-0.15, -0.1) is 0 Å². The molecule has 1 aromatic heterocycles. The second-order valence-electron chi connectivity index (χ2n) is 8.74. The normalized spacial score (nSPS) is 24.1. The van der Waals surface area contributed by atoms with Crippen LogP contribution < -0.4 is 10.1 Å². The Bertz CT molecular complexity index is 1070. The molecule has 4 atom stereocenters. The van der Waals surface area contributed by atoms with Gasteiger partial charge in [0.25, 0.3) is 5.91 Å². The quantitative estimate of drug-likeness (QED) is 0.389. The van der Waals surface area contributed by atoms with Gasteiger partial charge in [-0.25, -0.2) is 14.4 Å². The number of benzene rings is 1. The number of aliphatic hydroxyl groups is 1. The number of ether oxygens (including phenoxy) is 3. The van der Waals surface area contributed by atoms with E-state index in [1.165, 1.54) is 39.4 Å². The van der Waals surface area contributed by atoms with Gasteiger partial charge in [0.2, 0.25) is 0 Å². The minimum absolute atomic E-state index is 0.0285. The molecule has 198 valence electrons. The second kappa shape index (κ2) is 11.1. The molecule has 0 radical (unpaired) electrons. The number of carbonyl (C=O) groups is 1. The lowest BCUT2D eigenvalue weighted by Crippen LogP contribution is -2.47. The van der Waals surface area contributed by atoms with Crippen molar-refractivity contribution in [3.05, 3.63) is 47.3 Å². The first-order valence-corrected chi connectivity index (χ1v) is 11.3.